The summed E-state index contributed by atoms with van der Waals surface area (Å²) in [6.45, 7) is 4.11. The maximum absolute atomic E-state index is 5.55. The molecule has 0 amide bonds. The third kappa shape index (κ3) is 4.91. The molecule has 0 aliphatic rings. The van der Waals surface area contributed by atoms with E-state index in [1.807, 2.05) is 42.5 Å². The fourth-order valence-corrected chi connectivity index (χ4v) is 2.50. The van der Waals surface area contributed by atoms with Crippen molar-refractivity contribution in [3.8, 4) is 17.2 Å². The molecule has 0 saturated heterocycles. The number of nitrogens with zero attached hydrogens (tertiary/aromatic N) is 2. The van der Waals surface area contributed by atoms with E-state index in [-0.39, 0.29) is 0 Å². The van der Waals surface area contributed by atoms with Crippen LogP contribution in [0.5, 0.6) is 17.2 Å². The Morgan fingerprint density at radius 2 is 1.79 bits per heavy atom. The fourth-order valence-electron chi connectivity index (χ4n) is 2.50. The van der Waals surface area contributed by atoms with Crippen LogP contribution >= 0.6 is 0 Å². The maximum atomic E-state index is 5.55. The summed E-state index contributed by atoms with van der Waals surface area (Å²) in [6, 6.07) is 14.9. The molecule has 0 aliphatic carbocycles. The standard InChI is InChI=1S/C21H22N4O3/c1-4-12-28-17-7-5-6-15(13-17)23-20-10-11-22-21(25-20)24-16-8-9-18(26-2)19(14-16)27-3/h4-11,13-14H,1,12H2,2-3H3,(H2,22,23,24,25). The molecule has 0 spiro atoms. The van der Waals surface area contributed by atoms with Gasteiger partial charge < -0.3 is 24.8 Å². The molecule has 0 bridgehead atoms. The van der Waals surface area contributed by atoms with E-state index in [1.165, 1.54) is 0 Å². The van der Waals surface area contributed by atoms with E-state index < -0.39 is 0 Å². The Balaban J connectivity index is 1.73. The first-order valence-electron chi connectivity index (χ1n) is 8.64. The molecule has 2 N–H and O–H groups in total. The number of hydrogen-bond acceptors (Lipinski definition) is 7. The normalized spacial score (nSPS) is 10.1. The molecule has 0 fully saturated rings. The lowest BCUT2D eigenvalue weighted by atomic mass is 10.3. The van der Waals surface area contributed by atoms with Crippen molar-refractivity contribution in [2.45, 2.75) is 0 Å². The predicted molar refractivity (Wildman–Crippen MR) is 110 cm³/mol. The average molecular weight is 378 g/mol. The molecule has 28 heavy (non-hydrogen) atoms. The van der Waals surface area contributed by atoms with Crippen molar-refractivity contribution >= 4 is 23.1 Å². The third-order valence-corrected chi connectivity index (χ3v) is 3.77. The molecular weight excluding hydrogens is 356 g/mol. The molecule has 0 radical (unpaired) electrons. The van der Waals surface area contributed by atoms with Crippen molar-refractivity contribution in [1.82, 2.24) is 9.97 Å². The lowest BCUT2D eigenvalue weighted by molar-refractivity contribution is 0.355. The zero-order chi connectivity index (χ0) is 19.8. The second kappa shape index (κ2) is 9.27. The van der Waals surface area contributed by atoms with Gasteiger partial charge >= 0.3 is 0 Å². The molecule has 7 nitrogen and oxygen atoms in total. The summed E-state index contributed by atoms with van der Waals surface area (Å²) in [5.41, 5.74) is 1.65. The molecule has 1 heterocycles. The smallest absolute Gasteiger partial charge is 0.229 e. The van der Waals surface area contributed by atoms with Crippen LogP contribution < -0.4 is 24.8 Å². The minimum Gasteiger partial charge on any atom is -0.493 e. The molecule has 3 rings (SSSR count). The number of rotatable bonds is 9. The zero-order valence-electron chi connectivity index (χ0n) is 15.8. The largest absolute Gasteiger partial charge is 0.493 e. The van der Waals surface area contributed by atoms with Crippen molar-refractivity contribution in [2.24, 2.45) is 0 Å². The summed E-state index contributed by atoms with van der Waals surface area (Å²) in [5.74, 6) is 3.14. The molecule has 144 valence electrons. The van der Waals surface area contributed by atoms with Crippen LogP contribution in [0.2, 0.25) is 0 Å². The third-order valence-electron chi connectivity index (χ3n) is 3.77. The minimum atomic E-state index is 0.455. The van der Waals surface area contributed by atoms with Crippen molar-refractivity contribution in [3.05, 3.63) is 67.4 Å². The molecule has 0 saturated carbocycles. The highest BCUT2D eigenvalue weighted by Gasteiger charge is 2.07. The van der Waals surface area contributed by atoms with E-state index in [1.54, 1.807) is 32.6 Å². The van der Waals surface area contributed by atoms with Gasteiger partial charge in [-0.1, -0.05) is 18.7 Å². The Kier molecular flexibility index (Phi) is 6.30. The number of hydrogen-bond donors (Lipinski definition) is 2. The van der Waals surface area contributed by atoms with E-state index >= 15 is 0 Å². The van der Waals surface area contributed by atoms with Gasteiger partial charge in [-0.3, -0.25) is 0 Å². The van der Waals surface area contributed by atoms with E-state index in [0.29, 0.717) is 29.9 Å². The lowest BCUT2D eigenvalue weighted by Crippen LogP contribution is -2.01. The van der Waals surface area contributed by atoms with Crippen LogP contribution in [0.1, 0.15) is 0 Å². The second-order valence-electron chi connectivity index (χ2n) is 5.71. The summed E-state index contributed by atoms with van der Waals surface area (Å²) < 4.78 is 16.1. The average Bonchev–Trinajstić information content (AvgIpc) is 2.72. The summed E-state index contributed by atoms with van der Waals surface area (Å²) in [5, 5.41) is 6.41. The Hall–Kier alpha value is -3.74. The van der Waals surface area contributed by atoms with Gasteiger partial charge in [-0.05, 0) is 30.3 Å². The highest BCUT2D eigenvalue weighted by atomic mass is 16.5. The number of benzene rings is 2. The Morgan fingerprint density at radius 3 is 2.57 bits per heavy atom. The van der Waals surface area contributed by atoms with Gasteiger partial charge in [0.15, 0.2) is 11.5 Å². The van der Waals surface area contributed by atoms with Crippen molar-refractivity contribution < 1.29 is 14.2 Å². The van der Waals surface area contributed by atoms with Crippen LogP contribution in [0.25, 0.3) is 0 Å². The SMILES string of the molecule is C=CCOc1cccc(Nc2ccnc(Nc3ccc(OC)c(OC)c3)n2)c1. The van der Waals surface area contributed by atoms with Crippen molar-refractivity contribution in [1.29, 1.82) is 0 Å². The van der Waals surface area contributed by atoms with Gasteiger partial charge in [0.2, 0.25) is 5.95 Å². The molecule has 3 aromatic rings. The second-order valence-corrected chi connectivity index (χ2v) is 5.71. The Labute approximate surface area is 164 Å². The number of nitrogens with one attached hydrogen (secondary N) is 2. The topological polar surface area (TPSA) is 77.5 Å². The number of anilines is 4. The number of aromatic nitrogens is 2. The van der Waals surface area contributed by atoms with Gasteiger partial charge in [-0.25, -0.2) is 4.98 Å². The summed E-state index contributed by atoms with van der Waals surface area (Å²) >= 11 is 0. The summed E-state index contributed by atoms with van der Waals surface area (Å²) in [7, 11) is 3.19. The lowest BCUT2D eigenvalue weighted by Gasteiger charge is -2.12. The van der Waals surface area contributed by atoms with Gasteiger partial charge in [-0.15, -0.1) is 0 Å². The Bertz CT molecular complexity index is 946. The molecule has 2 aromatic carbocycles. The van der Waals surface area contributed by atoms with Crippen LogP contribution in [-0.4, -0.2) is 30.8 Å². The molecule has 7 heteroatoms. The highest BCUT2D eigenvalue weighted by molar-refractivity contribution is 5.62. The molecular formula is C21H22N4O3. The molecule has 0 aliphatic heterocycles. The van der Waals surface area contributed by atoms with Crippen LogP contribution in [0.15, 0.2) is 67.4 Å². The number of methoxy groups -OCH3 is 2. The van der Waals surface area contributed by atoms with Crippen molar-refractivity contribution in [2.75, 3.05) is 31.5 Å². The van der Waals surface area contributed by atoms with Gasteiger partial charge in [0.05, 0.1) is 14.2 Å². The monoisotopic (exact) mass is 378 g/mol. The van der Waals surface area contributed by atoms with Gasteiger partial charge in [0.1, 0.15) is 18.2 Å². The van der Waals surface area contributed by atoms with Crippen LogP contribution in [0.4, 0.5) is 23.1 Å². The van der Waals surface area contributed by atoms with E-state index in [9.17, 15) is 0 Å². The van der Waals surface area contributed by atoms with Crippen LogP contribution in [0.3, 0.4) is 0 Å². The first kappa shape index (κ1) is 19.0. The van der Waals surface area contributed by atoms with Gasteiger partial charge in [-0.2, -0.15) is 4.98 Å². The first-order valence-corrected chi connectivity index (χ1v) is 8.64. The van der Waals surface area contributed by atoms with Gasteiger partial charge in [0, 0.05) is 29.7 Å². The summed E-state index contributed by atoms with van der Waals surface area (Å²) in [4.78, 5) is 8.75. The quantitative estimate of drug-likeness (QED) is 0.529. The Morgan fingerprint density at radius 1 is 0.964 bits per heavy atom. The first-order chi connectivity index (χ1) is 13.7. The van der Waals surface area contributed by atoms with Gasteiger partial charge in [0.25, 0.3) is 0 Å². The number of ether oxygens (including phenoxy) is 3. The maximum Gasteiger partial charge on any atom is 0.229 e. The molecule has 0 unspecified atom stereocenters. The minimum absolute atomic E-state index is 0.455. The van der Waals surface area contributed by atoms with E-state index in [0.717, 1.165) is 17.1 Å². The fraction of sp³-hybridized carbons (Fsp3) is 0.143. The predicted octanol–water partition coefficient (Wildman–Crippen LogP) is 4.55. The van der Waals surface area contributed by atoms with E-state index in [4.69, 9.17) is 14.2 Å². The summed E-state index contributed by atoms with van der Waals surface area (Å²) in [6.07, 6.45) is 3.38. The molecule has 1 aromatic heterocycles. The van der Waals surface area contributed by atoms with Crippen molar-refractivity contribution in [3.63, 3.8) is 0 Å². The van der Waals surface area contributed by atoms with Crippen LogP contribution in [0, 0.1) is 0 Å². The zero-order valence-corrected chi connectivity index (χ0v) is 15.8. The van der Waals surface area contributed by atoms with E-state index in [2.05, 4.69) is 27.2 Å². The molecule has 0 atom stereocenters. The highest BCUT2D eigenvalue weighted by Crippen LogP contribution is 2.30. The van der Waals surface area contributed by atoms with Crippen LogP contribution in [-0.2, 0) is 0 Å².